The molecule has 0 aromatic rings. The van der Waals surface area contributed by atoms with Gasteiger partial charge in [0.1, 0.15) is 0 Å². The van der Waals surface area contributed by atoms with Crippen molar-refractivity contribution in [1.29, 1.82) is 0 Å². The number of hydrogen-bond acceptors (Lipinski definition) is 4. The molecule has 0 spiro atoms. The van der Waals surface area contributed by atoms with E-state index in [2.05, 4.69) is 22.8 Å². The second-order valence-corrected chi connectivity index (χ2v) is 9.69. The van der Waals surface area contributed by atoms with Crippen molar-refractivity contribution >= 4 is 11.9 Å². The summed E-state index contributed by atoms with van der Waals surface area (Å²) in [6, 6.07) is 0.393. The molecule has 0 unspecified atom stereocenters. The Labute approximate surface area is 187 Å². The van der Waals surface area contributed by atoms with Gasteiger partial charge in [-0.2, -0.15) is 0 Å². The highest BCUT2D eigenvalue weighted by molar-refractivity contribution is 5.78. The molecule has 2 saturated heterocycles. The molecule has 2 aliphatic heterocycles. The van der Waals surface area contributed by atoms with Crippen LogP contribution >= 0.6 is 0 Å². The minimum atomic E-state index is -0.714. The zero-order chi connectivity index (χ0) is 21.9. The molecular weight excluding hydrogens is 392 g/mol. The Hall–Kier alpha value is -1.40. The summed E-state index contributed by atoms with van der Waals surface area (Å²) in [4.78, 5) is 22.6. The fourth-order valence-corrected chi connectivity index (χ4v) is 5.70. The normalized spacial score (nSPS) is 28.4. The zero-order valence-corrected chi connectivity index (χ0v) is 19.0. The number of amides is 1. The maximum absolute atomic E-state index is 12.1. The van der Waals surface area contributed by atoms with Crippen LogP contribution in [0.4, 0.5) is 0 Å². The number of carboxylic acids is 1. The number of unbranched alkanes of at least 4 members (excludes halogenated alkanes) is 2. The molecule has 0 aromatic carbocycles. The highest BCUT2D eigenvalue weighted by atomic mass is 16.5. The Morgan fingerprint density at radius 2 is 1.71 bits per heavy atom. The Morgan fingerprint density at radius 3 is 2.48 bits per heavy atom. The van der Waals surface area contributed by atoms with E-state index < -0.39 is 5.97 Å². The van der Waals surface area contributed by atoms with Gasteiger partial charge >= 0.3 is 5.97 Å². The van der Waals surface area contributed by atoms with Gasteiger partial charge in [0.2, 0.25) is 5.91 Å². The molecule has 3 fully saturated rings. The Balaban J connectivity index is 1.26. The van der Waals surface area contributed by atoms with E-state index in [9.17, 15) is 9.59 Å². The average Bonchev–Trinajstić information content (AvgIpc) is 3.35. The number of carbonyl (C=O) groups is 2. The van der Waals surface area contributed by atoms with Crippen molar-refractivity contribution in [3.63, 3.8) is 0 Å². The molecule has 6 heteroatoms. The van der Waals surface area contributed by atoms with Crippen LogP contribution in [0.15, 0.2) is 12.2 Å². The number of rotatable bonds is 14. The van der Waals surface area contributed by atoms with Crippen LogP contribution in [0.1, 0.15) is 89.9 Å². The SMILES string of the molecule is O=C(O)CCC/C=C\C[C@@H]1[C@H](CCCCNCC(=O)NC2CCCCC2)[C@@H]2CC[C@H]1O2. The first-order valence-corrected chi connectivity index (χ1v) is 12.7. The third-order valence-corrected chi connectivity index (χ3v) is 7.32. The third kappa shape index (κ3) is 8.23. The van der Waals surface area contributed by atoms with Crippen LogP contribution in [0.3, 0.4) is 0 Å². The van der Waals surface area contributed by atoms with Crippen LogP contribution < -0.4 is 10.6 Å². The van der Waals surface area contributed by atoms with E-state index in [1.165, 1.54) is 44.9 Å². The lowest BCUT2D eigenvalue weighted by Crippen LogP contribution is -2.41. The Morgan fingerprint density at radius 1 is 0.935 bits per heavy atom. The minimum Gasteiger partial charge on any atom is -0.481 e. The number of ether oxygens (including phenoxy) is 1. The molecule has 1 saturated carbocycles. The molecule has 3 rings (SSSR count). The van der Waals surface area contributed by atoms with Gasteiger partial charge in [-0.1, -0.05) is 37.8 Å². The van der Waals surface area contributed by atoms with Gasteiger partial charge in [-0.15, -0.1) is 0 Å². The molecule has 0 radical (unpaired) electrons. The lowest BCUT2D eigenvalue weighted by atomic mass is 9.75. The molecule has 6 nitrogen and oxygen atoms in total. The number of carboxylic acid groups (broad SMARTS) is 1. The smallest absolute Gasteiger partial charge is 0.303 e. The molecule has 3 N–H and O–H groups in total. The summed E-state index contributed by atoms with van der Waals surface area (Å²) in [6.07, 6.45) is 20.0. The van der Waals surface area contributed by atoms with Crippen molar-refractivity contribution in [2.24, 2.45) is 11.8 Å². The van der Waals surface area contributed by atoms with Crippen LogP contribution in [0.25, 0.3) is 0 Å². The summed E-state index contributed by atoms with van der Waals surface area (Å²) in [5.74, 6) is 0.693. The van der Waals surface area contributed by atoms with E-state index in [4.69, 9.17) is 9.84 Å². The monoisotopic (exact) mass is 434 g/mol. The number of fused-ring (bicyclic) bond motifs is 2. The number of allylic oxidation sites excluding steroid dienone is 2. The molecule has 2 bridgehead atoms. The number of hydrogen-bond donors (Lipinski definition) is 3. The highest BCUT2D eigenvalue weighted by Crippen LogP contribution is 2.47. The lowest BCUT2D eigenvalue weighted by molar-refractivity contribution is -0.137. The molecule has 176 valence electrons. The Bertz CT molecular complexity index is 588. The number of aliphatic carboxylic acids is 1. The average molecular weight is 435 g/mol. The summed E-state index contributed by atoms with van der Waals surface area (Å²) < 4.78 is 6.21. The van der Waals surface area contributed by atoms with Gasteiger partial charge in [-0.25, -0.2) is 0 Å². The molecule has 1 aliphatic carbocycles. The molecule has 0 aromatic heterocycles. The maximum Gasteiger partial charge on any atom is 0.303 e. The Kier molecular flexibility index (Phi) is 10.3. The second kappa shape index (κ2) is 13.2. The molecule has 31 heavy (non-hydrogen) atoms. The van der Waals surface area contributed by atoms with Crippen molar-refractivity contribution in [2.45, 2.75) is 108 Å². The molecule has 1 amide bonds. The van der Waals surface area contributed by atoms with Crippen molar-refractivity contribution in [3.8, 4) is 0 Å². The van der Waals surface area contributed by atoms with Crippen LogP contribution in [-0.2, 0) is 14.3 Å². The van der Waals surface area contributed by atoms with Crippen molar-refractivity contribution in [1.82, 2.24) is 10.6 Å². The summed E-state index contributed by atoms with van der Waals surface area (Å²) in [6.45, 7) is 1.33. The lowest BCUT2D eigenvalue weighted by Gasteiger charge is -2.27. The van der Waals surface area contributed by atoms with E-state index in [1.807, 2.05) is 0 Å². The summed E-state index contributed by atoms with van der Waals surface area (Å²) in [5, 5.41) is 15.2. The quantitative estimate of drug-likeness (QED) is 0.282. The van der Waals surface area contributed by atoms with Gasteiger partial charge in [-0.05, 0) is 76.2 Å². The number of nitrogens with one attached hydrogen (secondary N) is 2. The van der Waals surface area contributed by atoms with E-state index in [-0.39, 0.29) is 12.3 Å². The van der Waals surface area contributed by atoms with E-state index in [1.54, 1.807) is 0 Å². The van der Waals surface area contributed by atoms with Gasteiger partial charge in [0.25, 0.3) is 0 Å². The van der Waals surface area contributed by atoms with E-state index in [0.717, 1.165) is 38.6 Å². The maximum atomic E-state index is 12.1. The highest BCUT2D eigenvalue weighted by Gasteiger charge is 2.47. The standard InChI is InChI=1S/C25H42N2O4/c28-24(27-19-10-4-3-5-11-19)18-26-17-9-8-13-21-20(22-15-16-23(21)31-22)12-6-1-2-7-14-25(29)30/h1,6,19-23,26H,2-5,7-18H2,(H,27,28)(H,29,30)/b6-1-/t20-,21+,22-,23+/m1/s1. The van der Waals surface area contributed by atoms with Gasteiger partial charge in [0.15, 0.2) is 0 Å². The molecule has 4 atom stereocenters. The van der Waals surface area contributed by atoms with Gasteiger partial charge in [-0.3, -0.25) is 9.59 Å². The van der Waals surface area contributed by atoms with Gasteiger partial charge < -0.3 is 20.5 Å². The fraction of sp³-hybridized carbons (Fsp3) is 0.840. The van der Waals surface area contributed by atoms with Gasteiger partial charge in [0, 0.05) is 12.5 Å². The first kappa shape index (κ1) is 24.2. The zero-order valence-electron chi connectivity index (χ0n) is 19.0. The van der Waals surface area contributed by atoms with Crippen molar-refractivity contribution < 1.29 is 19.4 Å². The first-order valence-electron chi connectivity index (χ1n) is 12.7. The van der Waals surface area contributed by atoms with E-state index >= 15 is 0 Å². The largest absolute Gasteiger partial charge is 0.481 e. The van der Waals surface area contributed by atoms with Crippen LogP contribution in [0, 0.1) is 11.8 Å². The van der Waals surface area contributed by atoms with Gasteiger partial charge in [0.05, 0.1) is 18.8 Å². The third-order valence-electron chi connectivity index (χ3n) is 7.32. The second-order valence-electron chi connectivity index (χ2n) is 9.69. The summed E-state index contributed by atoms with van der Waals surface area (Å²) in [5.41, 5.74) is 0. The van der Waals surface area contributed by atoms with Crippen molar-refractivity contribution in [3.05, 3.63) is 12.2 Å². The van der Waals surface area contributed by atoms with Crippen LogP contribution in [0.5, 0.6) is 0 Å². The predicted molar refractivity (Wildman–Crippen MR) is 122 cm³/mol. The molecular formula is C25H42N2O4. The first-order chi connectivity index (χ1) is 15.1. The number of carbonyl (C=O) groups excluding carboxylic acids is 1. The summed E-state index contributed by atoms with van der Waals surface area (Å²) >= 11 is 0. The topological polar surface area (TPSA) is 87.7 Å². The minimum absolute atomic E-state index is 0.142. The van der Waals surface area contributed by atoms with Crippen LogP contribution in [-0.4, -0.2) is 48.3 Å². The molecule has 3 aliphatic rings. The van der Waals surface area contributed by atoms with E-state index in [0.29, 0.717) is 43.1 Å². The fourth-order valence-electron chi connectivity index (χ4n) is 5.70. The van der Waals surface area contributed by atoms with Crippen molar-refractivity contribution in [2.75, 3.05) is 13.1 Å². The van der Waals surface area contributed by atoms with Crippen LogP contribution in [0.2, 0.25) is 0 Å². The predicted octanol–water partition coefficient (Wildman–Crippen LogP) is 4.19. The molecule has 2 heterocycles. The summed E-state index contributed by atoms with van der Waals surface area (Å²) in [7, 11) is 0.